The molecule has 70 valence electrons. The number of allylic oxidation sites excluding steroid dienone is 4. The summed E-state index contributed by atoms with van der Waals surface area (Å²) in [6.07, 6.45) is 15.0. The second-order valence-electron chi connectivity index (χ2n) is 3.89. The Morgan fingerprint density at radius 2 is 1.85 bits per heavy atom. The SMILES string of the molecule is C#C/C(C)=C\C=C(/C)C1CCCC1. The zero-order chi connectivity index (χ0) is 9.68. The Balaban J connectivity index is 2.56. The van der Waals surface area contributed by atoms with Gasteiger partial charge in [-0.1, -0.05) is 36.5 Å². The van der Waals surface area contributed by atoms with Gasteiger partial charge < -0.3 is 0 Å². The Kier molecular flexibility index (Phi) is 3.83. The topological polar surface area (TPSA) is 0 Å². The fraction of sp³-hybridized carbons (Fsp3) is 0.538. The van der Waals surface area contributed by atoms with Gasteiger partial charge in [0.25, 0.3) is 0 Å². The lowest BCUT2D eigenvalue weighted by atomic mass is 9.98. The summed E-state index contributed by atoms with van der Waals surface area (Å²) in [4.78, 5) is 0. The number of hydrogen-bond acceptors (Lipinski definition) is 0. The first-order chi connectivity index (χ1) is 6.24. The van der Waals surface area contributed by atoms with E-state index in [1.807, 2.05) is 13.0 Å². The second kappa shape index (κ2) is 4.92. The van der Waals surface area contributed by atoms with Gasteiger partial charge in [-0.2, -0.15) is 0 Å². The van der Waals surface area contributed by atoms with Crippen LogP contribution in [0.3, 0.4) is 0 Å². The molecule has 0 heteroatoms. The van der Waals surface area contributed by atoms with Gasteiger partial charge in [0.1, 0.15) is 0 Å². The van der Waals surface area contributed by atoms with E-state index in [0.717, 1.165) is 11.5 Å². The predicted molar refractivity (Wildman–Crippen MR) is 58.3 cm³/mol. The van der Waals surface area contributed by atoms with Gasteiger partial charge in [0.05, 0.1) is 0 Å². The fourth-order valence-corrected chi connectivity index (χ4v) is 1.82. The van der Waals surface area contributed by atoms with Crippen molar-refractivity contribution in [3.8, 4) is 12.3 Å². The van der Waals surface area contributed by atoms with Crippen LogP contribution in [0.1, 0.15) is 39.5 Å². The van der Waals surface area contributed by atoms with E-state index in [1.54, 1.807) is 0 Å². The molecule has 0 N–H and O–H groups in total. The summed E-state index contributed by atoms with van der Waals surface area (Å²) in [5.41, 5.74) is 2.50. The monoisotopic (exact) mass is 174 g/mol. The standard InChI is InChI=1S/C13H18/c1-4-11(2)9-10-12(3)13-7-5-6-8-13/h1,9-10,13H,5-8H2,2-3H3/b11-9-,12-10+. The number of rotatable bonds is 2. The molecule has 1 saturated carbocycles. The molecule has 1 rings (SSSR count). The summed E-state index contributed by atoms with van der Waals surface area (Å²) >= 11 is 0. The highest BCUT2D eigenvalue weighted by Crippen LogP contribution is 2.30. The maximum absolute atomic E-state index is 5.26. The molecule has 0 saturated heterocycles. The molecule has 1 aliphatic carbocycles. The normalized spacial score (nSPS) is 20.4. The van der Waals surface area contributed by atoms with Crippen molar-refractivity contribution in [2.45, 2.75) is 39.5 Å². The summed E-state index contributed by atoms with van der Waals surface area (Å²) in [5, 5.41) is 0. The molecule has 1 fully saturated rings. The average molecular weight is 174 g/mol. The molecular weight excluding hydrogens is 156 g/mol. The van der Waals surface area contributed by atoms with Crippen molar-refractivity contribution in [2.75, 3.05) is 0 Å². The highest BCUT2D eigenvalue weighted by Gasteiger charge is 2.15. The minimum atomic E-state index is 0.821. The average Bonchev–Trinajstić information content (AvgIpc) is 2.66. The Hall–Kier alpha value is -0.960. The van der Waals surface area contributed by atoms with Crippen molar-refractivity contribution >= 4 is 0 Å². The molecule has 0 bridgehead atoms. The minimum Gasteiger partial charge on any atom is -0.115 e. The maximum atomic E-state index is 5.26. The van der Waals surface area contributed by atoms with Gasteiger partial charge in [0.15, 0.2) is 0 Å². The third-order valence-electron chi connectivity index (χ3n) is 2.82. The van der Waals surface area contributed by atoms with Crippen LogP contribution in [0.4, 0.5) is 0 Å². The van der Waals surface area contributed by atoms with E-state index in [1.165, 1.54) is 31.3 Å². The van der Waals surface area contributed by atoms with Gasteiger partial charge in [0, 0.05) is 0 Å². The molecule has 0 atom stereocenters. The van der Waals surface area contributed by atoms with Crippen molar-refractivity contribution in [1.29, 1.82) is 0 Å². The van der Waals surface area contributed by atoms with Gasteiger partial charge in [-0.25, -0.2) is 0 Å². The zero-order valence-corrected chi connectivity index (χ0v) is 8.64. The van der Waals surface area contributed by atoms with E-state index < -0.39 is 0 Å². The summed E-state index contributed by atoms with van der Waals surface area (Å²) < 4.78 is 0. The van der Waals surface area contributed by atoms with Gasteiger partial charge in [-0.15, -0.1) is 6.42 Å². The lowest BCUT2D eigenvalue weighted by molar-refractivity contribution is 0.642. The molecule has 0 spiro atoms. The third kappa shape index (κ3) is 3.11. The first kappa shape index (κ1) is 10.1. The molecule has 0 amide bonds. The molecule has 0 unspecified atom stereocenters. The lowest BCUT2D eigenvalue weighted by Gasteiger charge is -2.07. The summed E-state index contributed by atoms with van der Waals surface area (Å²) in [6, 6.07) is 0. The Labute approximate surface area is 81.7 Å². The fourth-order valence-electron chi connectivity index (χ4n) is 1.82. The maximum Gasteiger partial charge on any atom is -0.00135 e. The van der Waals surface area contributed by atoms with Gasteiger partial charge >= 0.3 is 0 Å². The van der Waals surface area contributed by atoms with E-state index in [2.05, 4.69) is 18.9 Å². The van der Waals surface area contributed by atoms with Gasteiger partial charge in [-0.3, -0.25) is 0 Å². The quantitative estimate of drug-likeness (QED) is 0.442. The highest BCUT2D eigenvalue weighted by atomic mass is 14.2. The summed E-state index contributed by atoms with van der Waals surface area (Å²) in [6.45, 7) is 4.19. The molecule has 0 nitrogen and oxygen atoms in total. The van der Waals surface area contributed by atoms with Crippen LogP contribution < -0.4 is 0 Å². The predicted octanol–water partition coefficient (Wildman–Crippen LogP) is 3.70. The van der Waals surface area contributed by atoms with E-state index >= 15 is 0 Å². The van der Waals surface area contributed by atoms with Crippen molar-refractivity contribution in [3.63, 3.8) is 0 Å². The van der Waals surface area contributed by atoms with E-state index in [0.29, 0.717) is 0 Å². The van der Waals surface area contributed by atoms with Gasteiger partial charge in [-0.05, 0) is 38.2 Å². The van der Waals surface area contributed by atoms with Crippen molar-refractivity contribution in [1.82, 2.24) is 0 Å². The van der Waals surface area contributed by atoms with Crippen LogP contribution in [0, 0.1) is 18.3 Å². The molecule has 0 radical (unpaired) electrons. The van der Waals surface area contributed by atoms with Crippen molar-refractivity contribution in [2.24, 2.45) is 5.92 Å². The number of hydrogen-bond donors (Lipinski definition) is 0. The van der Waals surface area contributed by atoms with Crippen LogP contribution >= 0.6 is 0 Å². The van der Waals surface area contributed by atoms with E-state index in [9.17, 15) is 0 Å². The summed E-state index contributed by atoms with van der Waals surface area (Å²) in [7, 11) is 0. The van der Waals surface area contributed by atoms with Crippen molar-refractivity contribution < 1.29 is 0 Å². The lowest BCUT2D eigenvalue weighted by Crippen LogP contribution is -1.93. The Morgan fingerprint density at radius 1 is 1.23 bits per heavy atom. The van der Waals surface area contributed by atoms with Crippen LogP contribution in [0.5, 0.6) is 0 Å². The molecule has 0 heterocycles. The molecule has 0 aromatic carbocycles. The smallest absolute Gasteiger partial charge is 0.00135 e. The van der Waals surface area contributed by atoms with Crippen LogP contribution in [0.2, 0.25) is 0 Å². The van der Waals surface area contributed by atoms with E-state index in [4.69, 9.17) is 6.42 Å². The second-order valence-corrected chi connectivity index (χ2v) is 3.89. The van der Waals surface area contributed by atoms with Crippen LogP contribution in [-0.4, -0.2) is 0 Å². The molecule has 0 aliphatic heterocycles. The Morgan fingerprint density at radius 3 is 2.38 bits per heavy atom. The first-order valence-electron chi connectivity index (χ1n) is 5.05. The molecular formula is C13H18. The minimum absolute atomic E-state index is 0.821. The van der Waals surface area contributed by atoms with E-state index in [-0.39, 0.29) is 0 Å². The zero-order valence-electron chi connectivity index (χ0n) is 8.64. The van der Waals surface area contributed by atoms with Gasteiger partial charge in [0.2, 0.25) is 0 Å². The van der Waals surface area contributed by atoms with Crippen LogP contribution in [0.15, 0.2) is 23.3 Å². The molecule has 1 aliphatic rings. The Bertz CT molecular complexity index is 254. The van der Waals surface area contributed by atoms with Crippen molar-refractivity contribution in [3.05, 3.63) is 23.3 Å². The molecule has 0 aromatic rings. The number of terminal acetylenes is 1. The largest absolute Gasteiger partial charge is 0.115 e. The molecule has 0 aromatic heterocycles. The van der Waals surface area contributed by atoms with Crippen LogP contribution in [-0.2, 0) is 0 Å². The van der Waals surface area contributed by atoms with Crippen LogP contribution in [0.25, 0.3) is 0 Å². The summed E-state index contributed by atoms with van der Waals surface area (Å²) in [5.74, 6) is 3.45. The first-order valence-corrected chi connectivity index (χ1v) is 5.05. The third-order valence-corrected chi connectivity index (χ3v) is 2.82. The molecule has 13 heavy (non-hydrogen) atoms. The highest BCUT2D eigenvalue weighted by molar-refractivity contribution is 5.28.